The van der Waals surface area contributed by atoms with Crippen LogP contribution in [-0.2, 0) is 6.42 Å². The summed E-state index contributed by atoms with van der Waals surface area (Å²) >= 11 is 12.5. The molecule has 5 heteroatoms. The predicted octanol–water partition coefficient (Wildman–Crippen LogP) is 5.08. The van der Waals surface area contributed by atoms with Gasteiger partial charge >= 0.3 is 0 Å². The van der Waals surface area contributed by atoms with E-state index in [0.29, 0.717) is 27.4 Å². The van der Waals surface area contributed by atoms with E-state index >= 15 is 0 Å². The Kier molecular flexibility index (Phi) is 5.43. The molecule has 3 nitrogen and oxygen atoms in total. The van der Waals surface area contributed by atoms with Crippen molar-refractivity contribution < 1.29 is 0 Å². The lowest BCUT2D eigenvalue weighted by atomic mass is 10.1. The van der Waals surface area contributed by atoms with E-state index in [0.717, 1.165) is 24.5 Å². The first-order valence-electron chi connectivity index (χ1n) is 7.07. The number of halogens is 2. The highest BCUT2D eigenvalue weighted by molar-refractivity contribution is 6.38. The molecule has 2 aromatic rings. The number of nitrogens with zero attached hydrogens (tertiary/aromatic N) is 2. The quantitative estimate of drug-likeness (QED) is 0.833. The number of aromatic nitrogens is 2. The van der Waals surface area contributed by atoms with Gasteiger partial charge in [0, 0.05) is 18.3 Å². The molecule has 0 aliphatic carbocycles. The zero-order chi connectivity index (χ0) is 15.4. The highest BCUT2D eigenvalue weighted by atomic mass is 35.5. The third-order valence-corrected chi connectivity index (χ3v) is 3.57. The van der Waals surface area contributed by atoms with Crippen molar-refractivity contribution in [3.8, 4) is 11.4 Å². The van der Waals surface area contributed by atoms with Crippen molar-refractivity contribution >= 4 is 29.0 Å². The average molecular weight is 324 g/mol. The normalized spacial score (nSPS) is 11.0. The summed E-state index contributed by atoms with van der Waals surface area (Å²) in [5.74, 6) is 1.89. The molecule has 2 rings (SSSR count). The first-order valence-corrected chi connectivity index (χ1v) is 7.83. The van der Waals surface area contributed by atoms with Gasteiger partial charge in [-0.3, -0.25) is 0 Å². The van der Waals surface area contributed by atoms with Gasteiger partial charge in [0.25, 0.3) is 0 Å². The summed E-state index contributed by atoms with van der Waals surface area (Å²) in [7, 11) is 0. The molecule has 0 atom stereocenters. The van der Waals surface area contributed by atoms with Gasteiger partial charge in [0.1, 0.15) is 5.82 Å². The molecular formula is C16H19Cl2N3. The molecule has 0 saturated heterocycles. The highest BCUT2D eigenvalue weighted by Gasteiger charge is 2.14. The van der Waals surface area contributed by atoms with Crippen LogP contribution < -0.4 is 5.32 Å². The van der Waals surface area contributed by atoms with Crippen LogP contribution in [-0.4, -0.2) is 16.5 Å². The molecule has 1 heterocycles. The molecular weight excluding hydrogens is 305 g/mol. The molecule has 0 aliphatic rings. The van der Waals surface area contributed by atoms with Gasteiger partial charge in [-0.2, -0.15) is 0 Å². The molecule has 0 saturated carbocycles. The second-order valence-electron chi connectivity index (χ2n) is 5.29. The Morgan fingerprint density at radius 1 is 1.14 bits per heavy atom. The van der Waals surface area contributed by atoms with Crippen molar-refractivity contribution in [3.05, 3.63) is 40.0 Å². The number of benzene rings is 1. The van der Waals surface area contributed by atoms with Crippen molar-refractivity contribution in [2.75, 3.05) is 11.9 Å². The predicted molar refractivity (Wildman–Crippen MR) is 90.2 cm³/mol. The lowest BCUT2D eigenvalue weighted by Gasteiger charge is -2.12. The van der Waals surface area contributed by atoms with Gasteiger partial charge in [0.15, 0.2) is 5.82 Å². The lowest BCUT2D eigenvalue weighted by Crippen LogP contribution is -2.06. The van der Waals surface area contributed by atoms with Crippen LogP contribution >= 0.6 is 23.2 Å². The fourth-order valence-corrected chi connectivity index (χ4v) is 2.68. The number of anilines is 1. The third kappa shape index (κ3) is 4.08. The summed E-state index contributed by atoms with van der Waals surface area (Å²) in [5.41, 5.74) is 1.67. The van der Waals surface area contributed by atoms with E-state index in [4.69, 9.17) is 23.2 Å². The number of rotatable bonds is 5. The van der Waals surface area contributed by atoms with Crippen LogP contribution in [0.25, 0.3) is 11.4 Å². The van der Waals surface area contributed by atoms with Gasteiger partial charge in [-0.25, -0.2) is 9.97 Å². The second kappa shape index (κ2) is 7.10. The van der Waals surface area contributed by atoms with Crippen LogP contribution in [0.1, 0.15) is 26.5 Å². The molecule has 0 bridgehead atoms. The van der Waals surface area contributed by atoms with E-state index in [1.165, 1.54) is 0 Å². The summed E-state index contributed by atoms with van der Waals surface area (Å²) in [6.45, 7) is 7.16. The first-order chi connectivity index (χ1) is 10.0. The summed E-state index contributed by atoms with van der Waals surface area (Å²) < 4.78 is 0. The fraction of sp³-hybridized carbons (Fsp3) is 0.375. The molecule has 1 N–H and O–H groups in total. The van der Waals surface area contributed by atoms with Crippen molar-refractivity contribution in [1.82, 2.24) is 9.97 Å². The average Bonchev–Trinajstić information content (AvgIpc) is 2.37. The number of hydrogen-bond donors (Lipinski definition) is 1. The Morgan fingerprint density at radius 2 is 1.81 bits per heavy atom. The first kappa shape index (κ1) is 16.1. The largest absolute Gasteiger partial charge is 0.370 e. The van der Waals surface area contributed by atoms with Crippen molar-refractivity contribution in [1.29, 1.82) is 0 Å². The number of hydrogen-bond acceptors (Lipinski definition) is 3. The minimum atomic E-state index is 0.518. The van der Waals surface area contributed by atoms with Crippen LogP contribution in [0.2, 0.25) is 10.0 Å². The van der Waals surface area contributed by atoms with Gasteiger partial charge in [-0.1, -0.05) is 43.1 Å². The van der Waals surface area contributed by atoms with Crippen molar-refractivity contribution in [2.45, 2.75) is 27.2 Å². The van der Waals surface area contributed by atoms with E-state index in [2.05, 4.69) is 29.1 Å². The summed E-state index contributed by atoms with van der Waals surface area (Å²) in [4.78, 5) is 9.16. The molecule has 1 aromatic carbocycles. The van der Waals surface area contributed by atoms with Crippen molar-refractivity contribution in [2.24, 2.45) is 5.92 Å². The monoisotopic (exact) mass is 323 g/mol. The van der Waals surface area contributed by atoms with Gasteiger partial charge in [0.05, 0.1) is 15.6 Å². The van der Waals surface area contributed by atoms with Crippen molar-refractivity contribution in [3.63, 3.8) is 0 Å². The van der Waals surface area contributed by atoms with Crippen LogP contribution in [0.5, 0.6) is 0 Å². The van der Waals surface area contributed by atoms with E-state index in [1.807, 2.05) is 19.1 Å². The molecule has 0 amide bonds. The standard InChI is InChI=1S/C16H19Cl2N3/c1-4-19-14-9-11(8-10(2)3)20-16(21-14)15-12(17)6-5-7-13(15)18/h5-7,9-10H,4,8H2,1-3H3,(H,19,20,21). The maximum absolute atomic E-state index is 6.27. The zero-order valence-electron chi connectivity index (χ0n) is 12.5. The summed E-state index contributed by atoms with van der Waals surface area (Å²) in [5, 5.41) is 4.36. The third-order valence-electron chi connectivity index (χ3n) is 2.94. The second-order valence-corrected chi connectivity index (χ2v) is 6.11. The number of nitrogens with one attached hydrogen (secondary N) is 1. The van der Waals surface area contributed by atoms with Crippen LogP contribution in [0.15, 0.2) is 24.3 Å². The Hall–Kier alpha value is -1.32. The highest BCUT2D eigenvalue weighted by Crippen LogP contribution is 2.33. The minimum absolute atomic E-state index is 0.518. The van der Waals surface area contributed by atoms with E-state index in [1.54, 1.807) is 12.1 Å². The molecule has 0 radical (unpaired) electrons. The lowest BCUT2D eigenvalue weighted by molar-refractivity contribution is 0.635. The summed E-state index contributed by atoms with van der Waals surface area (Å²) in [6, 6.07) is 7.40. The topological polar surface area (TPSA) is 37.8 Å². The van der Waals surface area contributed by atoms with Crippen LogP contribution in [0.3, 0.4) is 0 Å². The Bertz CT molecular complexity index is 607. The fourth-order valence-electron chi connectivity index (χ4n) is 2.12. The molecule has 0 aliphatic heterocycles. The van der Waals surface area contributed by atoms with Gasteiger partial charge in [-0.15, -0.1) is 0 Å². The Balaban J connectivity index is 2.54. The smallest absolute Gasteiger partial charge is 0.164 e. The SMILES string of the molecule is CCNc1cc(CC(C)C)nc(-c2c(Cl)cccc2Cl)n1. The maximum atomic E-state index is 6.27. The van der Waals surface area contributed by atoms with Crippen LogP contribution in [0.4, 0.5) is 5.82 Å². The molecule has 112 valence electrons. The Morgan fingerprint density at radius 3 is 2.38 bits per heavy atom. The van der Waals surface area contributed by atoms with Gasteiger partial charge in [0.2, 0.25) is 0 Å². The summed E-state index contributed by atoms with van der Waals surface area (Å²) in [6.07, 6.45) is 0.885. The molecule has 0 unspecified atom stereocenters. The van der Waals surface area contributed by atoms with E-state index in [9.17, 15) is 0 Å². The zero-order valence-corrected chi connectivity index (χ0v) is 14.0. The maximum Gasteiger partial charge on any atom is 0.164 e. The van der Waals surface area contributed by atoms with Gasteiger partial charge in [-0.05, 0) is 31.4 Å². The minimum Gasteiger partial charge on any atom is -0.370 e. The van der Waals surface area contributed by atoms with Gasteiger partial charge < -0.3 is 5.32 Å². The molecule has 21 heavy (non-hydrogen) atoms. The van der Waals surface area contributed by atoms with Crippen LogP contribution in [0, 0.1) is 5.92 Å². The molecule has 0 spiro atoms. The van der Waals surface area contributed by atoms with E-state index in [-0.39, 0.29) is 0 Å². The Labute approximate surface area is 135 Å². The molecule has 0 fully saturated rings. The van der Waals surface area contributed by atoms with E-state index < -0.39 is 0 Å². The molecule has 1 aromatic heterocycles.